The van der Waals surface area contributed by atoms with E-state index in [1.165, 1.54) is 6.33 Å². The molecule has 1 aliphatic rings. The average Bonchev–Trinajstić information content (AvgIpc) is 3.78. The van der Waals surface area contributed by atoms with E-state index >= 15 is 0 Å². The molecule has 17 heteroatoms. The zero-order chi connectivity index (χ0) is 48.4. The van der Waals surface area contributed by atoms with Crippen LogP contribution < -0.4 is 20.3 Å². The Morgan fingerprint density at radius 2 is 1.47 bits per heavy atom. The topological polar surface area (TPSA) is 184 Å². The number of anilines is 1. The molecule has 1 unspecified atom stereocenters. The molecular weight excluding hydrogens is 886 g/mol. The number of fused-ring (bicyclic) bond motifs is 1. The van der Waals surface area contributed by atoms with Gasteiger partial charge in [-0.25, -0.2) is 14.4 Å². The summed E-state index contributed by atoms with van der Waals surface area (Å²) in [6.07, 6.45) is -3.10. The predicted molar refractivity (Wildman–Crippen MR) is 259 cm³/mol. The maximum Gasteiger partial charge on any atom is 0.338 e. The van der Waals surface area contributed by atoms with E-state index in [4.69, 9.17) is 37.7 Å². The Morgan fingerprint density at radius 3 is 2.03 bits per heavy atom. The Bertz CT molecular complexity index is 2600. The molecule has 1 aliphatic heterocycles. The number of carbonyl (C=O) groups is 1. The summed E-state index contributed by atoms with van der Waals surface area (Å²) >= 11 is 0. The van der Waals surface area contributed by atoms with Crippen LogP contribution in [0.3, 0.4) is 0 Å². The second kappa shape index (κ2) is 22.7. The van der Waals surface area contributed by atoms with Crippen molar-refractivity contribution in [1.29, 1.82) is 5.26 Å². The summed E-state index contributed by atoms with van der Waals surface area (Å²) < 4.78 is 50.2. The van der Waals surface area contributed by atoms with Crippen LogP contribution in [0.4, 0.5) is 5.95 Å². The molecule has 0 radical (unpaired) electrons. The molecule has 5 atom stereocenters. The molecule has 4 aromatic carbocycles. The van der Waals surface area contributed by atoms with Gasteiger partial charge in [-0.3, -0.25) is 14.3 Å². The largest absolute Gasteiger partial charge is 0.497 e. The van der Waals surface area contributed by atoms with Crippen molar-refractivity contribution in [3.05, 3.63) is 148 Å². The molecular formula is C51H60N7O9P. The first-order valence-corrected chi connectivity index (χ1v) is 23.9. The fourth-order valence-electron chi connectivity index (χ4n) is 8.27. The number of carbonyl (C=O) groups excluding carboxylic acids is 1. The number of nitrogens with one attached hydrogen (secondary N) is 2. The van der Waals surface area contributed by atoms with Crippen molar-refractivity contribution >= 4 is 31.6 Å². The lowest BCUT2D eigenvalue weighted by Gasteiger charge is -2.48. The molecule has 358 valence electrons. The normalized spacial score (nSPS) is 17.9. The van der Waals surface area contributed by atoms with Crippen LogP contribution >= 0.6 is 8.53 Å². The van der Waals surface area contributed by atoms with Gasteiger partial charge in [-0.2, -0.15) is 10.2 Å². The van der Waals surface area contributed by atoms with E-state index in [2.05, 4.69) is 26.0 Å². The van der Waals surface area contributed by atoms with Gasteiger partial charge in [0, 0.05) is 18.6 Å². The third-order valence-electron chi connectivity index (χ3n) is 11.4. The van der Waals surface area contributed by atoms with E-state index in [1.54, 1.807) is 43.1 Å². The Balaban J connectivity index is 1.47. The number of aromatic nitrogens is 4. The summed E-state index contributed by atoms with van der Waals surface area (Å²) in [7, 11) is 1.22. The second-order valence-electron chi connectivity index (χ2n) is 17.3. The maximum atomic E-state index is 14.5. The molecule has 2 aromatic heterocycles. The molecule has 6 aromatic rings. The smallest absolute Gasteiger partial charge is 0.338 e. The van der Waals surface area contributed by atoms with Crippen molar-refractivity contribution in [2.24, 2.45) is 5.92 Å². The second-order valence-corrected chi connectivity index (χ2v) is 18.7. The summed E-state index contributed by atoms with van der Waals surface area (Å²) in [6.45, 7) is 12.7. The van der Waals surface area contributed by atoms with E-state index < -0.39 is 50.2 Å². The van der Waals surface area contributed by atoms with Crippen LogP contribution in [0.25, 0.3) is 11.2 Å². The Hall–Kier alpha value is -6.18. The molecule has 0 spiro atoms. The number of nitrogens with zero attached hydrogens (tertiary/aromatic N) is 5. The van der Waals surface area contributed by atoms with Gasteiger partial charge in [0.15, 0.2) is 23.5 Å². The Morgan fingerprint density at radius 1 is 0.882 bits per heavy atom. The van der Waals surface area contributed by atoms with E-state index in [0.29, 0.717) is 18.0 Å². The maximum absolute atomic E-state index is 14.5. The number of H-pyrrole nitrogens is 1. The standard InChI is InChI=1S/C51H60N7O9P/c1-33(2)30-53-50-55-46-43(47(59)56-50)54-32-57(46)48-45(65-49(60)36-16-11-9-12-17-36)44(67-68(64-29-15-28-52)58(34(3)4)35(5)6)42(31-63-48)66-51(37-18-13-10-14-19-37,38-20-24-40(61-7)25-21-38)39-22-26-41(62-8)27-23-39/h9-14,16-27,32-35,42,44-45,48H,15,29-31H2,1-8H3,(H2,53,55,56,59)/t42-,44+,45+,48+,68?/m0/s1. The van der Waals surface area contributed by atoms with Gasteiger partial charge in [0.25, 0.3) is 14.1 Å². The van der Waals surface area contributed by atoms with Crippen molar-refractivity contribution in [2.75, 3.05) is 39.3 Å². The van der Waals surface area contributed by atoms with Gasteiger partial charge in [0.1, 0.15) is 29.3 Å². The van der Waals surface area contributed by atoms with Gasteiger partial charge >= 0.3 is 5.97 Å². The molecule has 1 saturated heterocycles. The fourth-order valence-corrected chi connectivity index (χ4v) is 10.0. The van der Waals surface area contributed by atoms with Gasteiger partial charge < -0.3 is 38.0 Å². The minimum Gasteiger partial charge on any atom is -0.497 e. The predicted octanol–water partition coefficient (Wildman–Crippen LogP) is 9.00. The quantitative estimate of drug-likeness (QED) is 0.0302. The van der Waals surface area contributed by atoms with E-state index in [-0.39, 0.29) is 60.3 Å². The first kappa shape index (κ1) is 49.7. The minimum atomic E-state index is -2.00. The van der Waals surface area contributed by atoms with Gasteiger partial charge in [-0.05, 0) is 86.7 Å². The van der Waals surface area contributed by atoms with Crippen LogP contribution in [0, 0.1) is 17.2 Å². The number of hydrogen-bond donors (Lipinski definition) is 2. The molecule has 3 heterocycles. The zero-order valence-electron chi connectivity index (χ0n) is 39.7. The third-order valence-corrected chi connectivity index (χ3v) is 13.5. The molecule has 2 N–H and O–H groups in total. The molecule has 7 rings (SSSR count). The first-order chi connectivity index (χ1) is 32.9. The average molecular weight is 946 g/mol. The molecule has 0 amide bonds. The molecule has 68 heavy (non-hydrogen) atoms. The van der Waals surface area contributed by atoms with Crippen molar-refractivity contribution < 1.29 is 37.5 Å². The van der Waals surface area contributed by atoms with Gasteiger partial charge in [-0.15, -0.1) is 0 Å². The summed E-state index contributed by atoms with van der Waals surface area (Å²) in [6, 6.07) is 35.8. The van der Waals surface area contributed by atoms with E-state index in [1.807, 2.05) is 126 Å². The number of ether oxygens (including phenoxy) is 5. The highest BCUT2D eigenvalue weighted by Crippen LogP contribution is 2.52. The first-order valence-electron chi connectivity index (χ1n) is 22.7. The summed E-state index contributed by atoms with van der Waals surface area (Å²) in [5.74, 6) is 1.12. The van der Waals surface area contributed by atoms with Crippen molar-refractivity contribution in [2.45, 2.75) is 90.2 Å². The fraction of sp³-hybridized carbons (Fsp3) is 0.392. The van der Waals surface area contributed by atoms with Crippen LogP contribution in [0.1, 0.15) is 81.2 Å². The molecule has 1 fully saturated rings. The third kappa shape index (κ3) is 11.1. The monoisotopic (exact) mass is 945 g/mol. The number of aromatic amines is 1. The number of esters is 1. The molecule has 0 bridgehead atoms. The highest BCUT2D eigenvalue weighted by molar-refractivity contribution is 7.44. The van der Waals surface area contributed by atoms with E-state index in [0.717, 1.165) is 16.7 Å². The molecule has 16 nitrogen and oxygen atoms in total. The van der Waals surface area contributed by atoms with Crippen LogP contribution in [-0.2, 0) is 28.9 Å². The van der Waals surface area contributed by atoms with Gasteiger partial charge in [0.2, 0.25) is 5.95 Å². The highest BCUT2D eigenvalue weighted by atomic mass is 31.2. The van der Waals surface area contributed by atoms with Crippen molar-refractivity contribution in [3.63, 3.8) is 0 Å². The van der Waals surface area contributed by atoms with Crippen LogP contribution in [0.15, 0.2) is 120 Å². The van der Waals surface area contributed by atoms with Crippen LogP contribution in [0.2, 0.25) is 0 Å². The minimum absolute atomic E-state index is 0.0580. The number of imidazole rings is 1. The van der Waals surface area contributed by atoms with Crippen molar-refractivity contribution in [1.82, 2.24) is 24.2 Å². The number of nitriles is 1. The lowest BCUT2D eigenvalue weighted by Crippen LogP contribution is -2.57. The van der Waals surface area contributed by atoms with Crippen LogP contribution in [0.5, 0.6) is 11.5 Å². The van der Waals surface area contributed by atoms with Gasteiger partial charge in [-0.1, -0.05) is 86.6 Å². The summed E-state index contributed by atoms with van der Waals surface area (Å²) in [5.41, 5.74) is 0.970. The number of rotatable bonds is 21. The zero-order valence-corrected chi connectivity index (χ0v) is 40.6. The number of hydrogen-bond acceptors (Lipinski definition) is 14. The number of benzene rings is 4. The lowest BCUT2D eigenvalue weighted by molar-refractivity contribution is -0.234. The summed E-state index contributed by atoms with van der Waals surface area (Å²) in [4.78, 5) is 40.2. The Kier molecular flexibility index (Phi) is 16.6. The lowest BCUT2D eigenvalue weighted by atomic mass is 9.79. The molecule has 0 aliphatic carbocycles. The highest BCUT2D eigenvalue weighted by Gasteiger charge is 2.52. The van der Waals surface area contributed by atoms with Crippen molar-refractivity contribution in [3.8, 4) is 17.6 Å². The number of methoxy groups -OCH3 is 2. The summed E-state index contributed by atoms with van der Waals surface area (Å²) in [5, 5.41) is 12.9. The Labute approximate surface area is 398 Å². The SMILES string of the molecule is COc1ccc(C(O[C@H]2CO[C@@H](n3cnc4c(=O)[nH]c(NCC(C)C)nc43)[C@H](OC(=O)c3ccccc3)[C@@H]2OP(OCCC#N)N(C(C)C)C(C)C)(c2ccccc2)c2ccc(OC)cc2)cc1. The molecule has 0 saturated carbocycles. The van der Waals surface area contributed by atoms with Crippen LogP contribution in [-0.4, -0.2) is 94.5 Å². The van der Waals surface area contributed by atoms with E-state index in [9.17, 15) is 14.9 Å². The van der Waals surface area contributed by atoms with Gasteiger partial charge in [0.05, 0.1) is 51.8 Å².